The molecule has 0 radical (unpaired) electrons. The number of nitrogens with zero attached hydrogens (tertiary/aromatic N) is 3. The van der Waals surface area contributed by atoms with Crippen LogP contribution >= 0.6 is 0 Å². The molecule has 4 N–H and O–H groups in total. The second kappa shape index (κ2) is 12.5. The summed E-state index contributed by atoms with van der Waals surface area (Å²) in [5, 5.41) is 25.4. The molecule has 0 saturated heterocycles. The molecule has 0 amide bonds. The summed E-state index contributed by atoms with van der Waals surface area (Å²) in [6.07, 6.45) is 1.02. The first-order valence-electron chi connectivity index (χ1n) is 6.08. The molecule has 136 valence electrons. The topological polar surface area (TPSA) is 203 Å². The van der Waals surface area contributed by atoms with E-state index in [0.717, 1.165) is 12.3 Å². The van der Waals surface area contributed by atoms with E-state index < -0.39 is 16.0 Å². The Morgan fingerprint density at radius 2 is 1.83 bits per heavy atom. The Morgan fingerprint density at radius 3 is 2.29 bits per heavy atom. The lowest BCUT2D eigenvalue weighted by molar-refractivity contribution is -0.402. The van der Waals surface area contributed by atoms with Gasteiger partial charge in [-0.05, 0) is 6.92 Å². The molecule has 1 rings (SSSR count). The van der Waals surface area contributed by atoms with E-state index in [1.54, 1.807) is 6.92 Å². The highest BCUT2D eigenvalue weighted by atomic mass is 16.9. The Balaban J connectivity index is 0. The van der Waals surface area contributed by atoms with Gasteiger partial charge in [0.05, 0.1) is 23.2 Å². The lowest BCUT2D eigenvalue weighted by atomic mass is 10.2. The maximum atomic E-state index is 11.7. The number of pyridine rings is 1. The maximum Gasteiger partial charge on any atom is 0.343 e. The Bertz CT molecular complexity index is 548. The first-order chi connectivity index (χ1) is 10.8. The minimum absolute atomic E-state index is 0. The molecule has 24 heavy (non-hydrogen) atoms. The molecule has 1 aromatic heterocycles. The molecule has 0 saturated carbocycles. The third-order valence-electron chi connectivity index (χ3n) is 2.07. The fraction of sp³-hybridized carbons (Fsp3) is 0.455. The molecule has 0 bridgehead atoms. The second-order valence-corrected chi connectivity index (χ2v) is 3.59. The summed E-state index contributed by atoms with van der Waals surface area (Å²) in [5.74, 6) is -0.729. The van der Waals surface area contributed by atoms with Gasteiger partial charge in [-0.15, -0.1) is 0 Å². The SMILES string of the molecule is CCOC(=O)c1cc([N+](=O)[O-])cnc1OCCOC.O=[N+]([O-])[O-].[NH4+]. The third-order valence-corrected chi connectivity index (χ3v) is 2.07. The second-order valence-electron chi connectivity index (χ2n) is 3.59. The van der Waals surface area contributed by atoms with Gasteiger partial charge in [-0.1, -0.05) is 0 Å². The number of carbonyl (C=O) groups is 1. The van der Waals surface area contributed by atoms with Gasteiger partial charge in [-0.2, -0.15) is 0 Å². The van der Waals surface area contributed by atoms with Crippen molar-refractivity contribution in [3.05, 3.63) is 43.3 Å². The van der Waals surface area contributed by atoms with E-state index in [0.29, 0.717) is 6.61 Å². The number of methoxy groups -OCH3 is 1. The van der Waals surface area contributed by atoms with E-state index in [1.165, 1.54) is 7.11 Å². The highest BCUT2D eigenvalue weighted by Gasteiger charge is 2.20. The molecule has 0 aliphatic carbocycles. The first kappa shape index (κ1) is 23.2. The molecule has 13 heteroatoms. The third kappa shape index (κ3) is 9.06. The van der Waals surface area contributed by atoms with Crippen molar-refractivity contribution in [3.63, 3.8) is 0 Å². The quantitative estimate of drug-likeness (QED) is 0.323. The van der Waals surface area contributed by atoms with E-state index in [-0.39, 0.29) is 36.5 Å². The van der Waals surface area contributed by atoms with Crippen molar-refractivity contribution in [2.45, 2.75) is 6.92 Å². The van der Waals surface area contributed by atoms with Crippen molar-refractivity contribution in [1.29, 1.82) is 0 Å². The number of nitro groups is 1. The minimum Gasteiger partial charge on any atom is -0.475 e. The number of hydrogen-bond acceptors (Lipinski definition) is 10. The summed E-state index contributed by atoms with van der Waals surface area (Å²) < 4.78 is 14.8. The van der Waals surface area contributed by atoms with E-state index in [2.05, 4.69) is 4.98 Å². The molecule has 0 spiro atoms. The van der Waals surface area contributed by atoms with Gasteiger partial charge in [0.1, 0.15) is 18.4 Å². The number of ether oxygens (including phenoxy) is 3. The summed E-state index contributed by atoms with van der Waals surface area (Å²) >= 11 is 0. The van der Waals surface area contributed by atoms with Crippen molar-refractivity contribution in [2.75, 3.05) is 26.9 Å². The Hall–Kier alpha value is -3.06. The highest BCUT2D eigenvalue weighted by Crippen LogP contribution is 2.21. The van der Waals surface area contributed by atoms with Gasteiger partial charge in [0.15, 0.2) is 0 Å². The van der Waals surface area contributed by atoms with E-state index in [4.69, 9.17) is 29.5 Å². The van der Waals surface area contributed by atoms with Crippen LogP contribution in [0.3, 0.4) is 0 Å². The molecule has 1 heterocycles. The molecule has 0 aromatic carbocycles. The Kier molecular flexibility index (Phi) is 12.1. The fourth-order valence-electron chi connectivity index (χ4n) is 1.23. The van der Waals surface area contributed by atoms with Crippen molar-refractivity contribution in [1.82, 2.24) is 11.1 Å². The minimum atomic E-state index is -1.75. The molecular formula is C11H18N4O9. The van der Waals surface area contributed by atoms with Crippen LogP contribution in [0.1, 0.15) is 17.3 Å². The zero-order chi connectivity index (χ0) is 17.8. The molecular weight excluding hydrogens is 332 g/mol. The van der Waals surface area contributed by atoms with Crippen LogP contribution in [0.5, 0.6) is 5.88 Å². The zero-order valence-corrected chi connectivity index (χ0v) is 13.3. The summed E-state index contributed by atoms with van der Waals surface area (Å²) in [6, 6.07) is 1.08. The number of rotatable bonds is 7. The van der Waals surface area contributed by atoms with E-state index in [1.807, 2.05) is 0 Å². The van der Waals surface area contributed by atoms with Crippen molar-refractivity contribution >= 4 is 11.7 Å². The van der Waals surface area contributed by atoms with Crippen LogP contribution in [0.2, 0.25) is 0 Å². The molecule has 0 atom stereocenters. The highest BCUT2D eigenvalue weighted by molar-refractivity contribution is 5.92. The van der Waals surface area contributed by atoms with Crippen LogP contribution in [0.4, 0.5) is 5.69 Å². The number of aromatic nitrogens is 1. The lowest BCUT2D eigenvalue weighted by Gasteiger charge is -2.09. The summed E-state index contributed by atoms with van der Waals surface area (Å²) in [5.41, 5.74) is -0.380. The van der Waals surface area contributed by atoms with Gasteiger partial charge >= 0.3 is 5.97 Å². The number of quaternary nitrogens is 1. The van der Waals surface area contributed by atoms with Crippen molar-refractivity contribution in [3.8, 4) is 5.88 Å². The summed E-state index contributed by atoms with van der Waals surface area (Å²) in [6.45, 7) is 2.27. The number of hydrogen-bond donors (Lipinski definition) is 1. The lowest BCUT2D eigenvalue weighted by Crippen LogP contribution is -2.12. The Morgan fingerprint density at radius 1 is 1.25 bits per heavy atom. The van der Waals surface area contributed by atoms with Crippen LogP contribution in [0.15, 0.2) is 12.3 Å². The molecule has 0 aliphatic heterocycles. The van der Waals surface area contributed by atoms with Crippen molar-refractivity contribution in [2.24, 2.45) is 0 Å². The largest absolute Gasteiger partial charge is 0.475 e. The van der Waals surface area contributed by atoms with Gasteiger partial charge in [-0.25, -0.2) is 9.78 Å². The average Bonchev–Trinajstić information content (AvgIpc) is 2.47. The van der Waals surface area contributed by atoms with E-state index >= 15 is 0 Å². The normalized spacial score (nSPS) is 8.92. The fourth-order valence-corrected chi connectivity index (χ4v) is 1.23. The molecule has 0 fully saturated rings. The van der Waals surface area contributed by atoms with Gasteiger partial charge in [-0.3, -0.25) is 10.1 Å². The maximum absolute atomic E-state index is 11.7. The molecule has 13 nitrogen and oxygen atoms in total. The van der Waals surface area contributed by atoms with Gasteiger partial charge in [0.25, 0.3) is 5.69 Å². The average molecular weight is 350 g/mol. The van der Waals surface area contributed by atoms with Crippen molar-refractivity contribution < 1.29 is 29.0 Å². The predicted molar refractivity (Wildman–Crippen MR) is 80.6 cm³/mol. The molecule has 0 unspecified atom stereocenters. The number of esters is 1. The van der Waals surface area contributed by atoms with Gasteiger partial charge in [0, 0.05) is 13.2 Å². The Labute approximate surface area is 136 Å². The first-order valence-corrected chi connectivity index (χ1v) is 6.08. The van der Waals surface area contributed by atoms with Crippen LogP contribution < -0.4 is 10.9 Å². The molecule has 0 aliphatic rings. The van der Waals surface area contributed by atoms with Gasteiger partial charge in [0.2, 0.25) is 5.88 Å². The summed E-state index contributed by atoms with van der Waals surface area (Å²) in [4.78, 5) is 33.7. The predicted octanol–water partition coefficient (Wildman–Crippen LogP) is 1.33. The molecule has 1 aromatic rings. The summed E-state index contributed by atoms with van der Waals surface area (Å²) in [7, 11) is 1.50. The zero-order valence-electron chi connectivity index (χ0n) is 13.3. The van der Waals surface area contributed by atoms with Crippen LogP contribution in [-0.4, -0.2) is 47.9 Å². The monoisotopic (exact) mass is 350 g/mol. The van der Waals surface area contributed by atoms with E-state index in [9.17, 15) is 14.9 Å². The van der Waals surface area contributed by atoms with Crippen LogP contribution in [-0.2, 0) is 9.47 Å². The smallest absolute Gasteiger partial charge is 0.343 e. The van der Waals surface area contributed by atoms with Crippen LogP contribution in [0, 0.1) is 25.4 Å². The standard InChI is InChI=1S/C11H14N2O6.NO3.H3N/c1-3-18-11(14)9-6-8(13(15)16)7-12-10(9)19-5-4-17-2;2-1(3)4;/h6-7H,3-5H2,1-2H3;;1H3/q;-1;/p+1. The van der Waals surface area contributed by atoms with Gasteiger partial charge < -0.3 is 35.7 Å². The number of carbonyl (C=O) groups excluding carboxylic acids is 1. The van der Waals surface area contributed by atoms with Crippen LogP contribution in [0.25, 0.3) is 0 Å².